The van der Waals surface area contributed by atoms with E-state index in [4.69, 9.17) is 4.74 Å². The van der Waals surface area contributed by atoms with Crippen molar-refractivity contribution in [2.75, 3.05) is 52.5 Å². The molecule has 2 heterocycles. The van der Waals surface area contributed by atoms with E-state index in [1.54, 1.807) is 0 Å². The highest BCUT2D eigenvalue weighted by Gasteiger charge is 2.24. The molecular formula is C16H32N2O3. The van der Waals surface area contributed by atoms with Crippen LogP contribution in [0.25, 0.3) is 0 Å². The highest BCUT2D eigenvalue weighted by atomic mass is 16.5. The van der Waals surface area contributed by atoms with Crippen molar-refractivity contribution in [2.45, 2.75) is 38.9 Å². The Morgan fingerprint density at radius 2 is 1.29 bits per heavy atom. The molecule has 2 N–H and O–H groups in total. The molecule has 0 spiro atoms. The second kappa shape index (κ2) is 8.44. The first-order valence-electron chi connectivity index (χ1n) is 8.45. The highest BCUT2D eigenvalue weighted by Crippen LogP contribution is 2.17. The van der Waals surface area contributed by atoms with E-state index in [2.05, 4.69) is 23.6 Å². The molecule has 0 bridgehead atoms. The van der Waals surface area contributed by atoms with Gasteiger partial charge in [0.1, 0.15) is 0 Å². The quantitative estimate of drug-likeness (QED) is 0.696. The lowest BCUT2D eigenvalue weighted by molar-refractivity contribution is 0.000622. The fraction of sp³-hybridized carbons (Fsp3) is 1.00. The molecule has 0 radical (unpaired) electrons. The lowest BCUT2D eigenvalue weighted by Gasteiger charge is -2.35. The zero-order valence-electron chi connectivity index (χ0n) is 13.6. The molecule has 2 saturated heterocycles. The largest absolute Gasteiger partial charge is 0.392 e. The van der Waals surface area contributed by atoms with E-state index >= 15 is 0 Å². The SMILES string of the molecule is CC1CCN(CCOCCN2CCC(C)C(O)C2)CC1O. The van der Waals surface area contributed by atoms with E-state index in [1.807, 2.05) is 0 Å². The van der Waals surface area contributed by atoms with Crippen LogP contribution in [0.1, 0.15) is 26.7 Å². The van der Waals surface area contributed by atoms with Crippen molar-refractivity contribution < 1.29 is 14.9 Å². The van der Waals surface area contributed by atoms with Crippen LogP contribution in [0.4, 0.5) is 0 Å². The molecule has 2 rings (SSSR count). The summed E-state index contributed by atoms with van der Waals surface area (Å²) in [6.45, 7) is 11.2. The average Bonchev–Trinajstić information content (AvgIpc) is 2.46. The summed E-state index contributed by atoms with van der Waals surface area (Å²) in [6.07, 6.45) is 1.78. The molecule has 4 atom stereocenters. The topological polar surface area (TPSA) is 56.2 Å². The summed E-state index contributed by atoms with van der Waals surface area (Å²) in [7, 11) is 0. The third kappa shape index (κ3) is 5.49. The second-order valence-corrected chi connectivity index (χ2v) is 6.88. The number of piperidine rings is 2. The molecule has 4 unspecified atom stereocenters. The van der Waals surface area contributed by atoms with E-state index in [0.717, 1.165) is 65.3 Å². The van der Waals surface area contributed by atoms with Gasteiger partial charge >= 0.3 is 0 Å². The lowest BCUT2D eigenvalue weighted by atomic mass is 9.96. The van der Waals surface area contributed by atoms with E-state index in [9.17, 15) is 10.2 Å². The summed E-state index contributed by atoms with van der Waals surface area (Å²) in [4.78, 5) is 4.58. The molecule has 0 aromatic heterocycles. The van der Waals surface area contributed by atoms with Crippen LogP contribution in [0.5, 0.6) is 0 Å². The third-order valence-corrected chi connectivity index (χ3v) is 5.11. The highest BCUT2D eigenvalue weighted by molar-refractivity contribution is 4.78. The summed E-state index contributed by atoms with van der Waals surface area (Å²) in [5.41, 5.74) is 0. The first-order chi connectivity index (χ1) is 10.1. The monoisotopic (exact) mass is 300 g/mol. The molecule has 2 fully saturated rings. The number of aliphatic hydroxyl groups excluding tert-OH is 2. The maximum Gasteiger partial charge on any atom is 0.0693 e. The van der Waals surface area contributed by atoms with Crippen molar-refractivity contribution in [1.82, 2.24) is 9.80 Å². The number of ether oxygens (including phenoxy) is 1. The van der Waals surface area contributed by atoms with Crippen LogP contribution < -0.4 is 0 Å². The predicted octanol–water partition coefficient (Wildman–Crippen LogP) is 0.408. The van der Waals surface area contributed by atoms with E-state index in [1.165, 1.54) is 0 Å². The molecule has 5 heteroatoms. The zero-order chi connectivity index (χ0) is 15.2. The van der Waals surface area contributed by atoms with Crippen molar-refractivity contribution >= 4 is 0 Å². The summed E-state index contributed by atoms with van der Waals surface area (Å²) < 4.78 is 5.72. The van der Waals surface area contributed by atoms with Crippen LogP contribution in [0.15, 0.2) is 0 Å². The van der Waals surface area contributed by atoms with Crippen LogP contribution >= 0.6 is 0 Å². The van der Waals surface area contributed by atoms with Crippen LogP contribution in [-0.2, 0) is 4.74 Å². The Balaban J connectivity index is 1.50. The van der Waals surface area contributed by atoms with Gasteiger partial charge in [0.05, 0.1) is 25.4 Å². The minimum atomic E-state index is -0.185. The number of rotatable bonds is 6. The summed E-state index contributed by atoms with van der Waals surface area (Å²) in [5.74, 6) is 0.852. The Labute approximate surface area is 128 Å². The normalized spacial score (nSPS) is 36.0. The van der Waals surface area contributed by atoms with Crippen LogP contribution in [0.2, 0.25) is 0 Å². The van der Waals surface area contributed by atoms with E-state index < -0.39 is 0 Å². The minimum Gasteiger partial charge on any atom is -0.392 e. The molecule has 5 nitrogen and oxygen atoms in total. The van der Waals surface area contributed by atoms with E-state index in [-0.39, 0.29) is 12.2 Å². The van der Waals surface area contributed by atoms with Gasteiger partial charge in [0.15, 0.2) is 0 Å². The molecule has 21 heavy (non-hydrogen) atoms. The summed E-state index contributed by atoms with van der Waals surface area (Å²) in [6, 6.07) is 0. The van der Waals surface area contributed by atoms with Gasteiger partial charge in [-0.2, -0.15) is 0 Å². The Morgan fingerprint density at radius 3 is 1.67 bits per heavy atom. The van der Waals surface area contributed by atoms with Crippen LogP contribution in [-0.4, -0.2) is 84.7 Å². The molecule has 2 aliphatic heterocycles. The van der Waals surface area contributed by atoms with Gasteiger partial charge in [-0.25, -0.2) is 0 Å². The Kier molecular flexibility index (Phi) is 6.89. The predicted molar refractivity (Wildman–Crippen MR) is 83.3 cm³/mol. The lowest BCUT2D eigenvalue weighted by Crippen LogP contribution is -2.45. The van der Waals surface area contributed by atoms with Crippen molar-refractivity contribution in [2.24, 2.45) is 11.8 Å². The first-order valence-corrected chi connectivity index (χ1v) is 8.45. The van der Waals surface area contributed by atoms with Gasteiger partial charge in [0.25, 0.3) is 0 Å². The number of hydrogen-bond donors (Lipinski definition) is 2. The van der Waals surface area contributed by atoms with Gasteiger partial charge < -0.3 is 14.9 Å². The van der Waals surface area contributed by atoms with Crippen molar-refractivity contribution in [3.63, 3.8) is 0 Å². The molecule has 0 amide bonds. The standard InChI is InChI=1S/C16H32N2O3/c1-13-3-5-17(11-15(13)19)7-9-21-10-8-18-6-4-14(2)16(20)12-18/h13-16,19-20H,3-12H2,1-2H3. The Morgan fingerprint density at radius 1 is 0.857 bits per heavy atom. The number of hydrogen-bond acceptors (Lipinski definition) is 5. The van der Waals surface area contributed by atoms with Crippen molar-refractivity contribution in [3.05, 3.63) is 0 Å². The second-order valence-electron chi connectivity index (χ2n) is 6.88. The summed E-state index contributed by atoms with van der Waals surface area (Å²) >= 11 is 0. The molecule has 124 valence electrons. The molecule has 0 aliphatic carbocycles. The first kappa shape index (κ1) is 17.2. The minimum absolute atomic E-state index is 0.185. The van der Waals surface area contributed by atoms with Gasteiger partial charge in [-0.15, -0.1) is 0 Å². The van der Waals surface area contributed by atoms with Gasteiger partial charge in [0.2, 0.25) is 0 Å². The zero-order valence-corrected chi connectivity index (χ0v) is 13.6. The number of β-amino-alcohol motifs (C(OH)–C–C–N with tert-alkyl or cyclic N) is 2. The Bertz CT molecular complexity index is 275. The maximum absolute atomic E-state index is 9.85. The molecule has 0 aromatic carbocycles. The third-order valence-electron chi connectivity index (χ3n) is 5.11. The molecule has 2 aliphatic rings. The smallest absolute Gasteiger partial charge is 0.0693 e. The van der Waals surface area contributed by atoms with Gasteiger partial charge in [-0.3, -0.25) is 9.80 Å². The van der Waals surface area contributed by atoms with Crippen LogP contribution in [0, 0.1) is 11.8 Å². The fourth-order valence-corrected chi connectivity index (χ4v) is 3.12. The van der Waals surface area contributed by atoms with E-state index in [0.29, 0.717) is 11.8 Å². The number of nitrogens with zero attached hydrogens (tertiary/aromatic N) is 2. The summed E-state index contributed by atoms with van der Waals surface area (Å²) in [5, 5.41) is 19.7. The van der Waals surface area contributed by atoms with Crippen molar-refractivity contribution in [1.29, 1.82) is 0 Å². The fourth-order valence-electron chi connectivity index (χ4n) is 3.12. The van der Waals surface area contributed by atoms with Crippen molar-refractivity contribution in [3.8, 4) is 0 Å². The average molecular weight is 300 g/mol. The number of aliphatic hydroxyl groups is 2. The van der Waals surface area contributed by atoms with Crippen LogP contribution in [0.3, 0.4) is 0 Å². The molecule has 0 aromatic rings. The maximum atomic E-state index is 9.85. The molecular weight excluding hydrogens is 268 g/mol. The van der Waals surface area contributed by atoms with Gasteiger partial charge in [0, 0.05) is 26.2 Å². The molecule has 0 saturated carbocycles. The van der Waals surface area contributed by atoms with Gasteiger partial charge in [-0.05, 0) is 37.8 Å². The number of likely N-dealkylation sites (tertiary alicyclic amines) is 2. The van der Waals surface area contributed by atoms with Gasteiger partial charge in [-0.1, -0.05) is 13.8 Å². The Hall–Kier alpha value is -0.200.